The third-order valence-corrected chi connectivity index (χ3v) is 10.4. The Morgan fingerprint density at radius 1 is 0.894 bits per heavy atom. The first kappa shape index (κ1) is 36.3. The number of carbonyl (C=O) groups excluding carboxylic acids is 6. The second-order valence-corrected chi connectivity index (χ2v) is 14.5. The van der Waals surface area contributed by atoms with Crippen LogP contribution in [-0.2, 0) is 35.3 Å². The first-order valence-corrected chi connectivity index (χ1v) is 17.1. The smallest absolute Gasteiger partial charge is 0.287 e. The van der Waals surface area contributed by atoms with Crippen LogP contribution in [0.1, 0.15) is 83.6 Å². The maximum absolute atomic E-state index is 14.2. The van der Waals surface area contributed by atoms with E-state index in [2.05, 4.69) is 10.6 Å². The Balaban J connectivity index is 1.56. The number of carbonyl (C=O) groups is 6. The number of nitrogens with one attached hydrogen (secondary N) is 2. The van der Waals surface area contributed by atoms with Gasteiger partial charge in [-0.15, -0.1) is 0 Å². The second-order valence-electron chi connectivity index (χ2n) is 14.0. The van der Waals surface area contributed by atoms with Crippen LogP contribution in [0.4, 0.5) is 0 Å². The summed E-state index contributed by atoms with van der Waals surface area (Å²) in [5.74, 6) is -3.66. The molecular formula is C34H49ClN6O6. The number of rotatable bonds is 14. The van der Waals surface area contributed by atoms with Crippen LogP contribution in [0.2, 0.25) is 5.02 Å². The molecule has 1 aliphatic heterocycles. The fourth-order valence-electron chi connectivity index (χ4n) is 6.77. The largest absolute Gasteiger partial charge is 0.369 e. The van der Waals surface area contributed by atoms with Crippen molar-refractivity contribution in [2.45, 2.75) is 103 Å². The summed E-state index contributed by atoms with van der Waals surface area (Å²) in [6.45, 7) is 3.82. The Bertz CT molecular complexity index is 1330. The molecule has 47 heavy (non-hydrogen) atoms. The van der Waals surface area contributed by atoms with Crippen LogP contribution in [0.15, 0.2) is 24.3 Å². The Kier molecular flexibility index (Phi) is 12.4. The van der Waals surface area contributed by atoms with Gasteiger partial charge in [-0.1, -0.05) is 62.3 Å². The Morgan fingerprint density at radius 3 is 2.11 bits per heavy atom. The van der Waals surface area contributed by atoms with Crippen LogP contribution in [0.5, 0.6) is 0 Å². The molecule has 2 aliphatic carbocycles. The van der Waals surface area contributed by atoms with Crippen LogP contribution in [-0.4, -0.2) is 82.9 Å². The minimum Gasteiger partial charge on any atom is -0.369 e. The van der Waals surface area contributed by atoms with Gasteiger partial charge in [0.1, 0.15) is 12.1 Å². The molecule has 12 nitrogen and oxygen atoms in total. The summed E-state index contributed by atoms with van der Waals surface area (Å²) in [4.78, 5) is 81.9. The molecule has 5 amide bonds. The lowest BCUT2D eigenvalue weighted by Crippen LogP contribution is -2.65. The van der Waals surface area contributed by atoms with Crippen molar-refractivity contribution in [1.82, 2.24) is 20.4 Å². The van der Waals surface area contributed by atoms with Crippen LogP contribution >= 0.6 is 11.6 Å². The minimum atomic E-state index is -1.42. The van der Waals surface area contributed by atoms with Crippen LogP contribution in [0.25, 0.3) is 0 Å². The first-order valence-electron chi connectivity index (χ1n) is 16.8. The summed E-state index contributed by atoms with van der Waals surface area (Å²) in [5, 5.41) is 6.16. The highest BCUT2D eigenvalue weighted by Crippen LogP contribution is 2.31. The molecule has 1 saturated heterocycles. The number of nitrogens with zero attached hydrogens (tertiary/aromatic N) is 2. The number of nitrogens with two attached hydrogens (primary N) is 2. The van der Waals surface area contributed by atoms with Gasteiger partial charge >= 0.3 is 0 Å². The fraction of sp³-hybridized carbons (Fsp3) is 0.647. The zero-order valence-electron chi connectivity index (χ0n) is 27.5. The van der Waals surface area contributed by atoms with Gasteiger partial charge in [0.05, 0.1) is 11.5 Å². The van der Waals surface area contributed by atoms with Crippen molar-refractivity contribution < 1.29 is 28.8 Å². The Hall–Kier alpha value is -3.51. The molecule has 258 valence electrons. The van der Waals surface area contributed by atoms with Gasteiger partial charge in [0.15, 0.2) is 0 Å². The zero-order chi connectivity index (χ0) is 34.3. The topological polar surface area (TPSA) is 185 Å². The number of hydrogen-bond donors (Lipinski definition) is 4. The highest BCUT2D eigenvalue weighted by Gasteiger charge is 2.45. The SMILES string of the molecule is CC(C)(C(N)=O)[C@H](NC(=O)CC1CCCCC1)C(=O)N1CCN(Cc2ccc(Cl)cc2)[C@@H](C(=O)N[C@@H](CC2CCC2)C(=O)C(N)=O)C1. The molecule has 0 spiro atoms. The lowest BCUT2D eigenvalue weighted by atomic mass is 9.80. The number of hydrogen-bond acceptors (Lipinski definition) is 7. The maximum Gasteiger partial charge on any atom is 0.287 e. The molecule has 0 aromatic heterocycles. The highest BCUT2D eigenvalue weighted by atomic mass is 35.5. The minimum absolute atomic E-state index is 0.0804. The van der Waals surface area contributed by atoms with Crippen molar-refractivity contribution in [1.29, 1.82) is 0 Å². The molecular weight excluding hydrogens is 624 g/mol. The zero-order valence-corrected chi connectivity index (χ0v) is 28.2. The lowest BCUT2D eigenvalue weighted by Gasteiger charge is -2.43. The number of amides is 5. The van der Waals surface area contributed by atoms with Crippen LogP contribution in [0.3, 0.4) is 0 Å². The van der Waals surface area contributed by atoms with Gasteiger partial charge < -0.3 is 27.0 Å². The van der Waals surface area contributed by atoms with Crippen molar-refractivity contribution >= 4 is 46.9 Å². The van der Waals surface area contributed by atoms with Gasteiger partial charge in [0, 0.05) is 37.6 Å². The third-order valence-electron chi connectivity index (χ3n) is 10.2. The molecule has 1 heterocycles. The summed E-state index contributed by atoms with van der Waals surface area (Å²) in [7, 11) is 0. The van der Waals surface area contributed by atoms with Gasteiger partial charge in [-0.05, 0) is 62.6 Å². The number of benzene rings is 1. The quantitative estimate of drug-likeness (QED) is 0.218. The van der Waals surface area contributed by atoms with Gasteiger partial charge in [-0.25, -0.2) is 0 Å². The molecule has 0 unspecified atom stereocenters. The van der Waals surface area contributed by atoms with E-state index in [0.717, 1.165) is 56.9 Å². The van der Waals surface area contributed by atoms with E-state index in [9.17, 15) is 28.8 Å². The normalized spacial score (nSPS) is 20.8. The van der Waals surface area contributed by atoms with Crippen molar-refractivity contribution in [3.63, 3.8) is 0 Å². The molecule has 13 heteroatoms. The molecule has 6 N–H and O–H groups in total. The predicted octanol–water partition coefficient (Wildman–Crippen LogP) is 2.05. The molecule has 1 aromatic carbocycles. The van der Waals surface area contributed by atoms with Gasteiger partial charge in [0.2, 0.25) is 29.4 Å². The average molecular weight is 673 g/mol. The van der Waals surface area contributed by atoms with Crippen LogP contribution < -0.4 is 22.1 Å². The molecule has 0 bridgehead atoms. The summed E-state index contributed by atoms with van der Waals surface area (Å²) in [6.07, 6.45) is 8.53. The van der Waals surface area contributed by atoms with E-state index >= 15 is 0 Å². The van der Waals surface area contributed by atoms with Crippen molar-refractivity contribution in [3.8, 4) is 0 Å². The first-order chi connectivity index (χ1) is 22.3. The number of Topliss-reactive ketones (excluding diaryl/α,β-unsaturated/α-hetero) is 1. The number of primary amides is 2. The summed E-state index contributed by atoms with van der Waals surface area (Å²) < 4.78 is 0. The van der Waals surface area contributed by atoms with E-state index in [4.69, 9.17) is 23.1 Å². The summed E-state index contributed by atoms with van der Waals surface area (Å²) in [5.41, 5.74) is 10.6. The summed E-state index contributed by atoms with van der Waals surface area (Å²) in [6, 6.07) is 3.95. The number of piperazine rings is 1. The third kappa shape index (κ3) is 9.53. The molecule has 2 saturated carbocycles. The van der Waals surface area contributed by atoms with E-state index in [1.165, 1.54) is 18.7 Å². The van der Waals surface area contributed by atoms with Crippen molar-refractivity contribution in [2.24, 2.45) is 28.7 Å². The molecule has 1 aromatic rings. The maximum atomic E-state index is 14.2. The van der Waals surface area contributed by atoms with E-state index in [1.54, 1.807) is 12.1 Å². The van der Waals surface area contributed by atoms with Gasteiger partial charge in [-0.3, -0.25) is 33.7 Å². The van der Waals surface area contributed by atoms with Crippen molar-refractivity contribution in [3.05, 3.63) is 34.9 Å². The lowest BCUT2D eigenvalue weighted by molar-refractivity contribution is -0.148. The molecule has 3 aliphatic rings. The van der Waals surface area contributed by atoms with E-state index in [0.29, 0.717) is 18.0 Å². The summed E-state index contributed by atoms with van der Waals surface area (Å²) >= 11 is 6.08. The molecule has 3 atom stereocenters. The number of halogens is 1. The molecule has 0 radical (unpaired) electrons. The molecule has 4 rings (SSSR count). The van der Waals surface area contributed by atoms with Gasteiger partial charge in [0.25, 0.3) is 5.91 Å². The van der Waals surface area contributed by atoms with Crippen LogP contribution in [0, 0.1) is 17.3 Å². The van der Waals surface area contributed by atoms with Crippen molar-refractivity contribution in [2.75, 3.05) is 19.6 Å². The monoisotopic (exact) mass is 672 g/mol. The van der Waals surface area contributed by atoms with E-state index in [-0.39, 0.29) is 43.8 Å². The Morgan fingerprint density at radius 2 is 1.53 bits per heavy atom. The number of ketones is 1. The van der Waals surface area contributed by atoms with E-state index < -0.39 is 53.0 Å². The fourth-order valence-corrected chi connectivity index (χ4v) is 6.89. The molecule has 3 fully saturated rings. The standard InChI is InChI=1S/C34H49ClN6O6/c1-34(2,33(37)47)29(39-27(42)18-22-7-4-3-5-8-22)32(46)41-16-15-40(19-23-11-13-24(35)14-12-23)26(20-41)31(45)38-25(28(43)30(36)44)17-21-9-6-10-21/h11-14,21-22,25-26,29H,3-10,15-20H2,1-2H3,(H2,36,44)(H2,37,47)(H,38,45)(H,39,42)/t25-,26+,29+/m0/s1. The van der Waals surface area contributed by atoms with Gasteiger partial charge in [-0.2, -0.15) is 0 Å². The second kappa shape index (κ2) is 16.1. The highest BCUT2D eigenvalue weighted by molar-refractivity contribution is 6.37. The average Bonchev–Trinajstić information content (AvgIpc) is 3.01. The Labute approximate surface area is 281 Å². The predicted molar refractivity (Wildman–Crippen MR) is 176 cm³/mol. The van der Waals surface area contributed by atoms with E-state index in [1.807, 2.05) is 17.0 Å².